The summed E-state index contributed by atoms with van der Waals surface area (Å²) in [5, 5.41) is 1.70. The smallest absolute Gasteiger partial charge is 0.309 e. The maximum absolute atomic E-state index is 14.1. The lowest BCUT2D eigenvalue weighted by atomic mass is 9.87. The average molecular weight is 523 g/mol. The highest BCUT2D eigenvalue weighted by molar-refractivity contribution is 8.09. The fourth-order valence-electron chi connectivity index (χ4n) is 4.47. The predicted molar refractivity (Wildman–Crippen MR) is 139 cm³/mol. The van der Waals surface area contributed by atoms with E-state index in [0.717, 1.165) is 10.8 Å². The topological polar surface area (TPSA) is 94.6 Å². The van der Waals surface area contributed by atoms with Gasteiger partial charge >= 0.3 is 5.97 Å². The van der Waals surface area contributed by atoms with Crippen molar-refractivity contribution in [2.45, 2.75) is 27.2 Å². The molecule has 0 fully saturated rings. The van der Waals surface area contributed by atoms with Gasteiger partial charge in [0.25, 0.3) is 0 Å². The van der Waals surface area contributed by atoms with Crippen LogP contribution in [0.25, 0.3) is 10.8 Å². The number of carbonyl (C=O) groups is 1. The molecule has 2 atom stereocenters. The van der Waals surface area contributed by atoms with Gasteiger partial charge in [-0.15, -0.1) is 0 Å². The Morgan fingerprint density at radius 1 is 0.667 bits per heavy atom. The highest BCUT2D eigenvalue weighted by Crippen LogP contribution is 2.41. The van der Waals surface area contributed by atoms with E-state index in [1.165, 1.54) is 62.6 Å². The third-order valence-corrected chi connectivity index (χ3v) is 11.5. The highest BCUT2D eigenvalue weighted by Gasteiger charge is 2.49. The molecule has 186 valence electrons. The monoisotopic (exact) mass is 522 g/mol. The van der Waals surface area contributed by atoms with Crippen molar-refractivity contribution >= 4 is 36.4 Å². The van der Waals surface area contributed by atoms with E-state index in [1.54, 1.807) is 30.3 Å². The molecule has 4 aromatic rings. The summed E-state index contributed by atoms with van der Waals surface area (Å²) in [6.07, 6.45) is 0. The molecule has 0 aliphatic heterocycles. The third kappa shape index (κ3) is 4.79. The van der Waals surface area contributed by atoms with Crippen molar-refractivity contribution in [1.29, 1.82) is 0 Å². The van der Waals surface area contributed by atoms with Crippen LogP contribution in [0, 0.1) is 5.92 Å². The van der Waals surface area contributed by atoms with Crippen molar-refractivity contribution in [2.75, 3.05) is 7.11 Å². The Labute approximate surface area is 211 Å². The van der Waals surface area contributed by atoms with Gasteiger partial charge in [-0.1, -0.05) is 85.8 Å². The Kier molecular flexibility index (Phi) is 7.28. The zero-order valence-corrected chi connectivity index (χ0v) is 21.4. The summed E-state index contributed by atoms with van der Waals surface area (Å²) in [5.41, 5.74) is 0.413. The van der Waals surface area contributed by atoms with Crippen molar-refractivity contribution in [3.05, 3.63) is 109 Å². The van der Waals surface area contributed by atoms with Crippen molar-refractivity contribution in [1.82, 2.24) is 0 Å². The second kappa shape index (κ2) is 10.2. The molecule has 0 aliphatic carbocycles. The molecule has 0 bridgehead atoms. The van der Waals surface area contributed by atoms with E-state index in [0.29, 0.717) is 5.56 Å². The quantitative estimate of drug-likeness (QED) is 0.302. The number of esters is 1. The predicted octanol–water partition coefficient (Wildman–Crippen LogP) is 5.01. The Balaban J connectivity index is 2.04. The first-order chi connectivity index (χ1) is 17.2. The van der Waals surface area contributed by atoms with Crippen LogP contribution in [0.5, 0.6) is 0 Å². The lowest BCUT2D eigenvalue weighted by Crippen LogP contribution is -2.41. The molecule has 8 heteroatoms. The minimum absolute atomic E-state index is 0.141. The molecule has 0 saturated heterocycles. The first kappa shape index (κ1) is 25.6. The molecule has 0 saturated carbocycles. The van der Waals surface area contributed by atoms with Crippen LogP contribution in [-0.2, 0) is 29.2 Å². The van der Waals surface area contributed by atoms with Gasteiger partial charge in [0, 0.05) is 5.92 Å². The van der Waals surface area contributed by atoms with Crippen LogP contribution in [0.3, 0.4) is 0 Å². The van der Waals surface area contributed by atoms with Gasteiger partial charge in [0.05, 0.1) is 22.8 Å². The van der Waals surface area contributed by atoms with E-state index in [4.69, 9.17) is 4.74 Å². The van der Waals surface area contributed by atoms with Crippen LogP contribution in [-0.4, -0.2) is 34.5 Å². The molecule has 0 aliphatic rings. The zero-order valence-electron chi connectivity index (χ0n) is 19.8. The number of hydrogen-bond donors (Lipinski definition) is 0. The standard InChI is InChI=1S/C28H26O6S2/c1-20(27(29)34-2)26(23-18-17-21-11-9-10-12-22(21)19-23)28(35(30,31)24-13-5-3-6-14-24)36(32,33)25-15-7-4-8-16-25/h3-20,26,28H,1-2H3/t20-,26-/m0/s1. The summed E-state index contributed by atoms with van der Waals surface area (Å²) in [7, 11) is -7.78. The summed E-state index contributed by atoms with van der Waals surface area (Å²) in [6.45, 7) is 1.50. The number of ether oxygens (including phenoxy) is 1. The molecular formula is C28H26O6S2. The number of methoxy groups -OCH3 is 1. The molecule has 6 nitrogen and oxygen atoms in total. The van der Waals surface area contributed by atoms with Gasteiger partial charge in [-0.3, -0.25) is 4.79 Å². The van der Waals surface area contributed by atoms with E-state index in [1.807, 2.05) is 24.3 Å². The van der Waals surface area contributed by atoms with Crippen LogP contribution >= 0.6 is 0 Å². The van der Waals surface area contributed by atoms with E-state index >= 15 is 0 Å². The summed E-state index contributed by atoms with van der Waals surface area (Å²) >= 11 is 0. The largest absolute Gasteiger partial charge is 0.469 e. The SMILES string of the molecule is COC(=O)[C@@H](C)[C@@H](c1ccc2ccccc2c1)C(S(=O)(=O)c1ccccc1)S(=O)(=O)c1ccccc1. The third-order valence-electron chi connectivity index (χ3n) is 6.32. The second-order valence-corrected chi connectivity index (χ2v) is 13.0. The molecule has 0 aromatic heterocycles. The van der Waals surface area contributed by atoms with Crippen LogP contribution < -0.4 is 0 Å². The molecule has 0 heterocycles. The average Bonchev–Trinajstić information content (AvgIpc) is 2.91. The normalized spacial score (nSPS) is 13.9. The second-order valence-electron chi connectivity index (χ2n) is 8.53. The molecule has 4 aromatic carbocycles. The van der Waals surface area contributed by atoms with Crippen molar-refractivity contribution in [3.63, 3.8) is 0 Å². The van der Waals surface area contributed by atoms with Crippen LogP contribution in [0.15, 0.2) is 113 Å². The van der Waals surface area contributed by atoms with Gasteiger partial charge in [-0.25, -0.2) is 16.8 Å². The van der Waals surface area contributed by atoms with Gasteiger partial charge in [0.2, 0.25) is 0 Å². The Morgan fingerprint density at radius 2 is 1.14 bits per heavy atom. The molecule has 0 N–H and O–H groups in total. The molecule has 0 radical (unpaired) electrons. The maximum atomic E-state index is 14.1. The molecule has 0 amide bonds. The Hall–Kier alpha value is -3.49. The summed E-state index contributed by atoms with van der Waals surface area (Å²) in [6, 6.07) is 27.6. The van der Waals surface area contributed by atoms with Gasteiger partial charge in [0.1, 0.15) is 0 Å². The number of sulfone groups is 2. The lowest BCUT2D eigenvalue weighted by molar-refractivity contribution is -0.145. The summed E-state index contributed by atoms with van der Waals surface area (Å²) in [5.74, 6) is -3.04. The summed E-state index contributed by atoms with van der Waals surface area (Å²) in [4.78, 5) is 12.5. The lowest BCUT2D eigenvalue weighted by Gasteiger charge is -2.31. The Morgan fingerprint density at radius 3 is 1.64 bits per heavy atom. The van der Waals surface area contributed by atoms with E-state index in [2.05, 4.69) is 0 Å². The van der Waals surface area contributed by atoms with Gasteiger partial charge < -0.3 is 4.74 Å². The molecule has 36 heavy (non-hydrogen) atoms. The fraction of sp³-hybridized carbons (Fsp3) is 0.179. The first-order valence-corrected chi connectivity index (χ1v) is 14.4. The number of fused-ring (bicyclic) bond motifs is 1. The zero-order chi connectivity index (χ0) is 25.9. The molecular weight excluding hydrogens is 496 g/mol. The number of benzene rings is 4. The highest BCUT2D eigenvalue weighted by atomic mass is 32.3. The Bertz CT molecular complexity index is 1510. The van der Waals surface area contributed by atoms with Gasteiger partial charge in [-0.2, -0.15) is 0 Å². The number of hydrogen-bond acceptors (Lipinski definition) is 6. The van der Waals surface area contributed by atoms with Crippen LogP contribution in [0.1, 0.15) is 18.4 Å². The fourth-order valence-corrected chi connectivity index (χ4v) is 9.64. The minimum Gasteiger partial charge on any atom is -0.469 e. The van der Waals surface area contributed by atoms with Crippen LogP contribution in [0.4, 0.5) is 0 Å². The maximum Gasteiger partial charge on any atom is 0.309 e. The van der Waals surface area contributed by atoms with E-state index in [9.17, 15) is 21.6 Å². The van der Waals surface area contributed by atoms with Crippen molar-refractivity contribution in [3.8, 4) is 0 Å². The molecule has 0 spiro atoms. The van der Waals surface area contributed by atoms with Gasteiger partial charge in [-0.05, 0) is 40.6 Å². The van der Waals surface area contributed by atoms with Crippen molar-refractivity contribution < 1.29 is 26.4 Å². The van der Waals surface area contributed by atoms with Crippen LogP contribution in [0.2, 0.25) is 0 Å². The van der Waals surface area contributed by atoms with E-state index < -0.39 is 42.1 Å². The number of carbonyl (C=O) groups excluding carboxylic acids is 1. The van der Waals surface area contributed by atoms with Gasteiger partial charge in [0.15, 0.2) is 24.3 Å². The number of rotatable bonds is 8. The van der Waals surface area contributed by atoms with Crippen molar-refractivity contribution in [2.24, 2.45) is 5.92 Å². The molecule has 4 rings (SSSR count). The minimum atomic E-state index is -4.49. The molecule has 0 unspecified atom stereocenters. The van der Waals surface area contributed by atoms with E-state index in [-0.39, 0.29) is 9.79 Å². The first-order valence-electron chi connectivity index (χ1n) is 11.3. The summed E-state index contributed by atoms with van der Waals surface area (Å²) < 4.78 is 59.4.